The molecule has 0 radical (unpaired) electrons. The summed E-state index contributed by atoms with van der Waals surface area (Å²) in [5.41, 5.74) is 21.1. The summed E-state index contributed by atoms with van der Waals surface area (Å²) in [6.45, 7) is 15.9. The second-order valence-electron chi connectivity index (χ2n) is 35.8. The maximum atomic E-state index is 13.7. The van der Waals surface area contributed by atoms with Crippen LogP contribution < -0.4 is 65.1 Å². The number of esters is 2. The van der Waals surface area contributed by atoms with Crippen LogP contribution in [0.4, 0.5) is 31.8 Å². The number of benzene rings is 8. The van der Waals surface area contributed by atoms with E-state index in [0.29, 0.717) is 264 Å². The third-order valence-corrected chi connectivity index (χ3v) is 26.9. The summed E-state index contributed by atoms with van der Waals surface area (Å²) in [6, 6.07) is 48.1. The number of fused-ring (bicyclic) bond motifs is 12. The number of nitrogens with zero attached hydrogens (tertiary/aromatic N) is 7. The van der Waals surface area contributed by atoms with Crippen molar-refractivity contribution in [3.63, 3.8) is 0 Å². The topological polar surface area (TPSA) is 390 Å². The average molecular weight is 1950 g/mol. The molecule has 6 unspecified atom stereocenters. The molecule has 10 atom stereocenters. The summed E-state index contributed by atoms with van der Waals surface area (Å²) in [5, 5.41) is 14.4. The SMILES string of the molecule is C#CCOCCOCCOCCOCCOc1cc2ncnc(Nc3cccc(F)c3)c2cc1OC.CC(=O)Oc1ccc2c(c1)CCC1C2[C@@H](c2ccc(OCCN=[N+]=[N-])cc2)C[C@]2(C)C(=O)[CH+]CC12.COc1cc2c(Nc3cccc(F)c3)ncnc2cc1OCCOCCOCCOCCOC/C(=C/NCCOc1ccc([C@H]2C[C@]3(C)C(=O)CCC3C3CCc4cc(OC(C)=O)ccc4C32)cc1)NN. The quantitative estimate of drug-likeness (QED) is 0.00226. The molecule has 2 heterocycles. The van der Waals surface area contributed by atoms with Crippen LogP contribution in [0.1, 0.15) is 130 Å². The summed E-state index contributed by atoms with van der Waals surface area (Å²) < 4.78 is 117. The van der Waals surface area contributed by atoms with Gasteiger partial charge in [-0.25, -0.2) is 33.5 Å². The fourth-order valence-corrected chi connectivity index (χ4v) is 20.5. The number of carbonyl (C=O) groups excluding carboxylic acids is 4. The molecule has 8 aromatic carbocycles. The number of hydrogen-bond donors (Lipinski definition) is 5. The highest BCUT2D eigenvalue weighted by atomic mass is 19.1. The van der Waals surface area contributed by atoms with Gasteiger partial charge in [0.1, 0.15) is 104 Å². The number of Topliss-reactive ketones (excluding diaryl/α,β-unsaturated/α-hetero) is 2. The number of halogens is 2. The van der Waals surface area contributed by atoms with Gasteiger partial charge in [-0.3, -0.25) is 20.2 Å². The standard InChI is InChI=1S/C54H65FN6O10.C28H30N3O4.C26H30FN3O6/c1-35(62)71-42-12-14-43-37(27-42)9-13-44-47-15-16-51(63)54(47,2)31-46(52(43)44)36-7-10-41(11-8-36)69-18-17-57-32-40(61-56)33-68-24-23-66-20-19-65-21-22-67-25-26-70-50-30-48-45(29-49(50)64-3)53(59-34-58-48)60-39-6-4-5-38(55)28-39;1-17(32)35-21-8-10-22-19(15-21)5-9-23-25-11-12-26(33)28(25,2)16-24(27(22)23)18-3-6-20(7-4-18)34-14-13-30-31-29;1-3-7-32-8-9-33-10-11-34-12-13-35-14-15-36-25-18-23-22(17-24(25)31-2)26(29-19-28-23)30-21-6-4-5-20(27)16-21/h4-8,10-12,14,27-30,32,34,44,46-47,52,57,61H,9,13,15-26,31,33,56H2,1-3H3,(H,58,59,60);3-4,6-8,10,12,15,23-25,27H,5,9,11,13-14,16H2,1-2H3;1,4-6,16-19H,7-15H2,2H3,(H,28,29,30)/q;+1;/b40-32-;;/t44?,46-,47?,52?,54+;23?,24-,25?,27?,28+;/m11./s1. The van der Waals surface area contributed by atoms with Gasteiger partial charge in [0, 0.05) is 83.5 Å². The number of ketones is 2. The van der Waals surface area contributed by atoms with E-state index in [9.17, 15) is 28.0 Å². The zero-order valence-corrected chi connectivity index (χ0v) is 81.1. The predicted molar refractivity (Wildman–Crippen MR) is 530 cm³/mol. The van der Waals surface area contributed by atoms with Crippen molar-refractivity contribution in [1.29, 1.82) is 0 Å². The van der Waals surface area contributed by atoms with E-state index < -0.39 is 0 Å². The highest BCUT2D eigenvalue weighted by Crippen LogP contribution is 2.66. The van der Waals surface area contributed by atoms with Gasteiger partial charge in [-0.1, -0.05) is 66.5 Å². The number of rotatable bonds is 49. The number of carbonyl (C=O) groups is 4. The molecule has 16 rings (SSSR count). The van der Waals surface area contributed by atoms with Crippen molar-refractivity contribution in [3.05, 3.63) is 244 Å². The minimum absolute atomic E-state index is 0.188. The molecule has 4 saturated carbocycles. The third-order valence-electron chi connectivity index (χ3n) is 26.9. The van der Waals surface area contributed by atoms with Gasteiger partial charge in [-0.05, 0) is 229 Å². The highest BCUT2D eigenvalue weighted by molar-refractivity contribution is 5.96. The lowest BCUT2D eigenvalue weighted by Gasteiger charge is -2.52. The first kappa shape index (κ1) is 105. The molecule has 0 saturated heterocycles. The van der Waals surface area contributed by atoms with Crippen LogP contribution in [-0.2, 0) is 69.9 Å². The monoisotopic (exact) mass is 1950 g/mol. The highest BCUT2D eigenvalue weighted by Gasteiger charge is 2.63. The number of aromatic nitrogens is 4. The Morgan fingerprint density at radius 1 is 0.528 bits per heavy atom. The molecule has 2 aromatic heterocycles. The van der Waals surface area contributed by atoms with Crippen molar-refractivity contribution < 1.29 is 104 Å². The lowest BCUT2D eigenvalue weighted by Crippen LogP contribution is -2.46. The molecule has 750 valence electrons. The predicted octanol–water partition coefficient (Wildman–Crippen LogP) is 17.2. The number of anilines is 4. The molecule has 4 fully saturated rings. The summed E-state index contributed by atoms with van der Waals surface area (Å²) in [4.78, 5) is 69.6. The van der Waals surface area contributed by atoms with E-state index in [4.69, 9.17) is 93.6 Å². The Bertz CT molecular complexity index is 6010. The van der Waals surface area contributed by atoms with Crippen LogP contribution in [0.2, 0.25) is 0 Å². The molecule has 142 heavy (non-hydrogen) atoms. The minimum Gasteiger partial charge on any atom is -0.493 e. The van der Waals surface area contributed by atoms with Crippen LogP contribution >= 0.6 is 0 Å². The van der Waals surface area contributed by atoms with E-state index in [1.54, 1.807) is 69.0 Å². The normalized spacial score (nSPS) is 20.0. The van der Waals surface area contributed by atoms with E-state index in [2.05, 4.69) is 108 Å². The van der Waals surface area contributed by atoms with Crippen LogP contribution in [-0.4, -0.2) is 203 Å². The Morgan fingerprint density at radius 2 is 0.986 bits per heavy atom. The molecular weight excluding hydrogens is 1820 g/mol. The number of aryl methyl sites for hydroxylation is 2. The van der Waals surface area contributed by atoms with Crippen molar-refractivity contribution in [2.45, 2.75) is 109 Å². The molecule has 6 N–H and O–H groups in total. The Kier molecular flexibility index (Phi) is 38.6. The second-order valence-corrected chi connectivity index (χ2v) is 35.8. The Balaban J connectivity index is 0.000000188. The fraction of sp³-hybridized carbons (Fsp3) is 0.435. The first-order valence-electron chi connectivity index (χ1n) is 48.2. The van der Waals surface area contributed by atoms with Gasteiger partial charge in [-0.15, -0.1) is 6.42 Å². The smallest absolute Gasteiger partial charge is 0.312 e. The van der Waals surface area contributed by atoms with Gasteiger partial charge in [-0.2, -0.15) is 0 Å². The zero-order valence-electron chi connectivity index (χ0n) is 81.1. The molecule has 0 bridgehead atoms. The van der Waals surface area contributed by atoms with Crippen LogP contribution in [0.5, 0.6) is 46.0 Å². The Hall–Kier alpha value is -13.3. The fourth-order valence-electron chi connectivity index (χ4n) is 20.5. The summed E-state index contributed by atoms with van der Waals surface area (Å²) >= 11 is 0. The van der Waals surface area contributed by atoms with E-state index in [1.165, 1.54) is 84.1 Å². The summed E-state index contributed by atoms with van der Waals surface area (Å²) in [7, 11) is 3.11. The Labute approximate surface area is 825 Å². The van der Waals surface area contributed by atoms with Crippen molar-refractivity contribution in [1.82, 2.24) is 30.7 Å². The lowest BCUT2D eigenvalue weighted by molar-refractivity contribution is -0.132. The van der Waals surface area contributed by atoms with Gasteiger partial charge < -0.3 is 97.2 Å². The van der Waals surface area contributed by atoms with Crippen LogP contribution in [0.3, 0.4) is 0 Å². The first-order valence-corrected chi connectivity index (χ1v) is 48.2. The third kappa shape index (κ3) is 27.9. The van der Waals surface area contributed by atoms with Crippen molar-refractivity contribution in [2.24, 2.45) is 45.5 Å². The number of nitrogens with one attached hydrogen (secondary N) is 4. The maximum Gasteiger partial charge on any atom is 0.312 e. The molecule has 6 aliphatic rings. The lowest BCUT2D eigenvalue weighted by atomic mass is 9.51. The van der Waals surface area contributed by atoms with Gasteiger partial charge >= 0.3 is 17.7 Å². The Morgan fingerprint density at radius 3 is 1.45 bits per heavy atom. The van der Waals surface area contributed by atoms with Crippen LogP contribution in [0.15, 0.2) is 187 Å². The number of hydrogen-bond acceptors (Lipinski definition) is 30. The first-order chi connectivity index (χ1) is 69.2. The largest absolute Gasteiger partial charge is 0.493 e. The molecule has 32 nitrogen and oxygen atoms in total. The summed E-state index contributed by atoms with van der Waals surface area (Å²) in [5.74, 6) is 15.9. The number of nitrogens with two attached hydrogens (primary N) is 1. The maximum absolute atomic E-state index is 13.7. The number of ether oxygens (including phenoxy) is 16. The number of azide groups is 1. The molecular formula is C108H125F2N12O20+. The van der Waals surface area contributed by atoms with Crippen molar-refractivity contribution >= 4 is 68.3 Å². The van der Waals surface area contributed by atoms with E-state index in [-0.39, 0.29) is 66.0 Å². The molecule has 10 aromatic rings. The summed E-state index contributed by atoms with van der Waals surface area (Å²) in [6.07, 6.45) is 19.7. The van der Waals surface area contributed by atoms with E-state index in [0.717, 1.165) is 62.9 Å². The van der Waals surface area contributed by atoms with Crippen molar-refractivity contribution in [2.75, 3.05) is 170 Å². The molecule has 34 heteroatoms. The molecule has 0 spiro atoms. The van der Waals surface area contributed by atoms with Gasteiger partial charge in [0.15, 0.2) is 23.0 Å². The molecule has 0 aliphatic heterocycles. The molecule has 0 amide bonds. The number of methoxy groups -OCH3 is 2. The van der Waals surface area contributed by atoms with Crippen LogP contribution in [0.25, 0.3) is 32.2 Å². The zero-order chi connectivity index (χ0) is 99.6. The van der Waals surface area contributed by atoms with Gasteiger partial charge in [0.2, 0.25) is 0 Å². The van der Waals surface area contributed by atoms with E-state index in [1.807, 2.05) is 55.0 Å². The van der Waals surface area contributed by atoms with Crippen molar-refractivity contribution in [3.8, 4) is 58.3 Å². The minimum atomic E-state index is -0.351. The van der Waals surface area contributed by atoms with Gasteiger partial charge in [0.05, 0.1) is 149 Å². The second kappa shape index (κ2) is 52.4. The number of terminal acetylenes is 1. The van der Waals surface area contributed by atoms with E-state index >= 15 is 0 Å². The average Bonchev–Trinajstić information content (AvgIpc) is 1.50. The van der Waals surface area contributed by atoms with Crippen LogP contribution in [0, 0.1) is 64.9 Å². The van der Waals surface area contributed by atoms with Gasteiger partial charge in [0.25, 0.3) is 0 Å². The molecule has 6 aliphatic carbocycles. The number of hydrazine groups is 1.